The normalized spacial score (nSPS) is 18.7. The van der Waals surface area contributed by atoms with Crippen LogP contribution < -0.4 is 0 Å². The third-order valence-electron chi connectivity index (χ3n) is 4.12. The van der Waals surface area contributed by atoms with E-state index in [2.05, 4.69) is 21.5 Å². The van der Waals surface area contributed by atoms with Gasteiger partial charge in [0.1, 0.15) is 11.3 Å². The fourth-order valence-electron chi connectivity index (χ4n) is 2.97. The highest BCUT2D eigenvalue weighted by Gasteiger charge is 2.42. The van der Waals surface area contributed by atoms with Gasteiger partial charge in [-0.2, -0.15) is 0 Å². The van der Waals surface area contributed by atoms with Crippen molar-refractivity contribution in [2.75, 3.05) is 0 Å². The lowest BCUT2D eigenvalue weighted by atomic mass is 10.0. The Hall–Kier alpha value is -1.09. The van der Waals surface area contributed by atoms with Crippen molar-refractivity contribution in [3.63, 3.8) is 0 Å². The third kappa shape index (κ3) is 2.36. The summed E-state index contributed by atoms with van der Waals surface area (Å²) in [7, 11) is 0. The zero-order valence-corrected chi connectivity index (χ0v) is 12.3. The Morgan fingerprint density at radius 1 is 1.47 bits per heavy atom. The Balaban J connectivity index is 2.03. The predicted octanol–water partition coefficient (Wildman–Crippen LogP) is 4.31. The van der Waals surface area contributed by atoms with E-state index < -0.39 is 0 Å². The molecule has 0 amide bonds. The molecule has 1 saturated carbocycles. The molecule has 1 aliphatic rings. The SMILES string of the molecule is CCCC1(Cn2c(C(C)Cl)nc3cccnc32)CC1. The third-order valence-corrected chi connectivity index (χ3v) is 4.32. The smallest absolute Gasteiger partial charge is 0.160 e. The lowest BCUT2D eigenvalue weighted by Crippen LogP contribution is -2.15. The molecule has 3 rings (SSSR count). The largest absolute Gasteiger partial charge is 0.311 e. The molecule has 102 valence electrons. The van der Waals surface area contributed by atoms with Gasteiger partial charge in [-0.3, -0.25) is 0 Å². The first-order valence-electron chi connectivity index (χ1n) is 7.10. The van der Waals surface area contributed by atoms with E-state index in [1.807, 2.05) is 25.3 Å². The van der Waals surface area contributed by atoms with Gasteiger partial charge in [-0.25, -0.2) is 9.97 Å². The summed E-state index contributed by atoms with van der Waals surface area (Å²) in [5.74, 6) is 0.956. The van der Waals surface area contributed by atoms with E-state index >= 15 is 0 Å². The van der Waals surface area contributed by atoms with Crippen molar-refractivity contribution in [2.45, 2.75) is 51.5 Å². The van der Waals surface area contributed by atoms with E-state index in [-0.39, 0.29) is 5.38 Å². The van der Waals surface area contributed by atoms with Crippen molar-refractivity contribution in [1.29, 1.82) is 0 Å². The van der Waals surface area contributed by atoms with Gasteiger partial charge in [0.25, 0.3) is 0 Å². The molecule has 0 radical (unpaired) electrons. The second-order valence-corrected chi connectivity index (χ2v) is 6.42. The van der Waals surface area contributed by atoms with Crippen LogP contribution in [0.5, 0.6) is 0 Å². The van der Waals surface area contributed by atoms with E-state index in [1.54, 1.807) is 0 Å². The molecule has 19 heavy (non-hydrogen) atoms. The maximum atomic E-state index is 6.29. The second-order valence-electron chi connectivity index (χ2n) is 5.77. The van der Waals surface area contributed by atoms with Crippen LogP contribution in [0.25, 0.3) is 11.2 Å². The van der Waals surface area contributed by atoms with Crippen molar-refractivity contribution in [2.24, 2.45) is 5.41 Å². The van der Waals surface area contributed by atoms with Gasteiger partial charge in [-0.05, 0) is 43.7 Å². The number of imidazole rings is 1. The molecular weight excluding hydrogens is 258 g/mol. The summed E-state index contributed by atoms with van der Waals surface area (Å²) in [5.41, 5.74) is 2.41. The number of hydrogen-bond acceptors (Lipinski definition) is 2. The molecule has 0 spiro atoms. The van der Waals surface area contributed by atoms with E-state index in [4.69, 9.17) is 11.6 Å². The van der Waals surface area contributed by atoms with Crippen molar-refractivity contribution < 1.29 is 0 Å². The molecule has 0 N–H and O–H groups in total. The van der Waals surface area contributed by atoms with Crippen LogP contribution in [0.4, 0.5) is 0 Å². The first kappa shape index (κ1) is 12.9. The number of fused-ring (bicyclic) bond motifs is 1. The summed E-state index contributed by atoms with van der Waals surface area (Å²) in [5, 5.41) is -0.0772. The van der Waals surface area contributed by atoms with E-state index in [0.717, 1.165) is 23.5 Å². The summed E-state index contributed by atoms with van der Waals surface area (Å²) in [4.78, 5) is 9.15. The van der Waals surface area contributed by atoms with Gasteiger partial charge in [0.15, 0.2) is 5.65 Å². The summed E-state index contributed by atoms with van der Waals surface area (Å²) < 4.78 is 2.25. The van der Waals surface area contributed by atoms with Crippen LogP contribution in [0.3, 0.4) is 0 Å². The maximum absolute atomic E-state index is 6.29. The van der Waals surface area contributed by atoms with Crippen LogP contribution in [0, 0.1) is 5.41 Å². The molecule has 2 heterocycles. The van der Waals surface area contributed by atoms with Crippen LogP contribution >= 0.6 is 11.6 Å². The molecule has 1 unspecified atom stereocenters. The van der Waals surface area contributed by atoms with Gasteiger partial charge < -0.3 is 4.57 Å². The van der Waals surface area contributed by atoms with Gasteiger partial charge in [0, 0.05) is 12.7 Å². The highest BCUT2D eigenvalue weighted by molar-refractivity contribution is 6.20. The Labute approximate surface area is 119 Å². The van der Waals surface area contributed by atoms with E-state index in [0.29, 0.717) is 5.41 Å². The van der Waals surface area contributed by atoms with Gasteiger partial charge in [0.2, 0.25) is 0 Å². The second kappa shape index (κ2) is 4.78. The quantitative estimate of drug-likeness (QED) is 0.763. The fourth-order valence-corrected chi connectivity index (χ4v) is 3.13. The highest BCUT2D eigenvalue weighted by Crippen LogP contribution is 2.51. The molecule has 1 aliphatic carbocycles. The van der Waals surface area contributed by atoms with E-state index in [9.17, 15) is 0 Å². The predicted molar refractivity (Wildman–Crippen MR) is 78.4 cm³/mol. The average Bonchev–Trinajstić information content (AvgIpc) is 3.04. The van der Waals surface area contributed by atoms with Crippen molar-refractivity contribution in [3.8, 4) is 0 Å². The minimum absolute atomic E-state index is 0.0772. The summed E-state index contributed by atoms with van der Waals surface area (Å²) in [6.45, 7) is 5.26. The van der Waals surface area contributed by atoms with Gasteiger partial charge in [0.05, 0.1) is 5.38 Å². The summed E-state index contributed by atoms with van der Waals surface area (Å²) in [6, 6.07) is 3.95. The first-order valence-corrected chi connectivity index (χ1v) is 7.54. The molecule has 3 nitrogen and oxygen atoms in total. The number of aromatic nitrogens is 3. The Kier molecular flexibility index (Phi) is 3.25. The van der Waals surface area contributed by atoms with Gasteiger partial charge >= 0.3 is 0 Å². The van der Waals surface area contributed by atoms with Crippen LogP contribution in [-0.4, -0.2) is 14.5 Å². The number of rotatable bonds is 5. The van der Waals surface area contributed by atoms with Crippen LogP contribution in [0.15, 0.2) is 18.3 Å². The van der Waals surface area contributed by atoms with Crippen molar-refractivity contribution in [1.82, 2.24) is 14.5 Å². The topological polar surface area (TPSA) is 30.7 Å². The lowest BCUT2D eigenvalue weighted by Gasteiger charge is -2.17. The molecule has 2 aromatic heterocycles. The Bertz CT molecular complexity index is 584. The van der Waals surface area contributed by atoms with Gasteiger partial charge in [-0.1, -0.05) is 13.3 Å². The van der Waals surface area contributed by atoms with Gasteiger partial charge in [-0.15, -0.1) is 11.6 Å². The van der Waals surface area contributed by atoms with Crippen molar-refractivity contribution >= 4 is 22.8 Å². The summed E-state index contributed by atoms with van der Waals surface area (Å²) in [6.07, 6.45) is 7.01. The number of nitrogens with zero attached hydrogens (tertiary/aromatic N) is 3. The maximum Gasteiger partial charge on any atom is 0.160 e. The van der Waals surface area contributed by atoms with Crippen LogP contribution in [0.1, 0.15) is 50.7 Å². The number of halogens is 1. The van der Waals surface area contributed by atoms with Crippen LogP contribution in [0.2, 0.25) is 0 Å². The zero-order valence-electron chi connectivity index (χ0n) is 11.6. The molecule has 0 aliphatic heterocycles. The molecule has 0 saturated heterocycles. The minimum atomic E-state index is -0.0772. The molecule has 2 aromatic rings. The Morgan fingerprint density at radius 3 is 2.89 bits per heavy atom. The molecule has 4 heteroatoms. The molecule has 1 fully saturated rings. The lowest BCUT2D eigenvalue weighted by molar-refractivity contribution is 0.386. The molecule has 0 aromatic carbocycles. The number of pyridine rings is 1. The standard InChI is InChI=1S/C15H20ClN3/c1-3-6-15(7-8-15)10-19-13(11(2)16)18-12-5-4-9-17-14(12)19/h4-5,9,11H,3,6-8,10H2,1-2H3. The highest BCUT2D eigenvalue weighted by atomic mass is 35.5. The van der Waals surface area contributed by atoms with Crippen LogP contribution in [-0.2, 0) is 6.54 Å². The number of hydrogen-bond donors (Lipinski definition) is 0. The van der Waals surface area contributed by atoms with Crippen molar-refractivity contribution in [3.05, 3.63) is 24.2 Å². The monoisotopic (exact) mass is 277 g/mol. The Morgan fingerprint density at radius 2 is 2.26 bits per heavy atom. The molecule has 1 atom stereocenters. The number of alkyl halides is 1. The minimum Gasteiger partial charge on any atom is -0.311 e. The van der Waals surface area contributed by atoms with E-state index in [1.165, 1.54) is 25.7 Å². The summed E-state index contributed by atoms with van der Waals surface area (Å²) >= 11 is 6.29. The average molecular weight is 278 g/mol. The molecular formula is C15H20ClN3. The first-order chi connectivity index (χ1) is 9.15. The fraction of sp³-hybridized carbons (Fsp3) is 0.600. The molecule has 0 bridgehead atoms. The zero-order chi connectivity index (χ0) is 13.5.